The van der Waals surface area contributed by atoms with E-state index in [1.807, 2.05) is 14.0 Å². The average molecular weight is 432 g/mol. The molecule has 0 spiro atoms. The maximum atomic E-state index is 12.4. The smallest absolute Gasteiger partial charge is 0.240 e. The standard InChI is InChI=1S/C17H25N5O4S.ClH/c1-3-25-13-4-6-14(7-5-13)27(23,24)19-9-8-16-20-17(21-26-16)15-12-18-10-11-22(15)2;/h4-7,15,18-19H,3,8-12H2,1-2H3;1H. The van der Waals surface area contributed by atoms with E-state index in [4.69, 9.17) is 9.26 Å². The number of likely N-dealkylation sites (N-methyl/N-ethyl adjacent to an activating group) is 1. The van der Waals surface area contributed by atoms with Gasteiger partial charge < -0.3 is 14.6 Å². The first kappa shape index (κ1) is 22.6. The van der Waals surface area contributed by atoms with Crippen LogP contribution in [0, 0.1) is 0 Å². The minimum Gasteiger partial charge on any atom is -0.494 e. The second-order valence-electron chi connectivity index (χ2n) is 6.30. The summed E-state index contributed by atoms with van der Waals surface area (Å²) in [5.74, 6) is 1.67. The quantitative estimate of drug-likeness (QED) is 0.636. The molecule has 156 valence electrons. The van der Waals surface area contributed by atoms with Gasteiger partial charge in [0.2, 0.25) is 15.9 Å². The van der Waals surface area contributed by atoms with Crippen LogP contribution in [0.25, 0.3) is 0 Å². The summed E-state index contributed by atoms with van der Waals surface area (Å²) >= 11 is 0. The molecule has 0 amide bonds. The van der Waals surface area contributed by atoms with Crippen LogP contribution in [0.1, 0.15) is 24.7 Å². The van der Waals surface area contributed by atoms with Gasteiger partial charge in [-0.1, -0.05) is 5.16 Å². The molecule has 1 aliphatic heterocycles. The molecule has 0 radical (unpaired) electrons. The van der Waals surface area contributed by atoms with Crippen LogP contribution in [0.2, 0.25) is 0 Å². The van der Waals surface area contributed by atoms with Gasteiger partial charge in [0.25, 0.3) is 0 Å². The number of nitrogens with zero attached hydrogens (tertiary/aromatic N) is 3. The highest BCUT2D eigenvalue weighted by Gasteiger charge is 2.25. The lowest BCUT2D eigenvalue weighted by atomic mass is 10.2. The third-order valence-electron chi connectivity index (χ3n) is 4.37. The van der Waals surface area contributed by atoms with Crippen LogP contribution in [0.15, 0.2) is 33.7 Å². The van der Waals surface area contributed by atoms with Crippen molar-refractivity contribution in [3.63, 3.8) is 0 Å². The molecular weight excluding hydrogens is 406 g/mol. The molecule has 1 saturated heterocycles. The van der Waals surface area contributed by atoms with E-state index < -0.39 is 10.0 Å². The number of aromatic nitrogens is 2. The summed E-state index contributed by atoms with van der Waals surface area (Å²) in [6.07, 6.45) is 0.327. The SMILES string of the molecule is CCOc1ccc(S(=O)(=O)NCCc2nc(C3CNCCN3C)no2)cc1.Cl. The van der Waals surface area contributed by atoms with Crippen LogP contribution in [-0.4, -0.2) is 63.3 Å². The summed E-state index contributed by atoms with van der Waals surface area (Å²) in [4.78, 5) is 6.75. The summed E-state index contributed by atoms with van der Waals surface area (Å²) in [6, 6.07) is 6.37. The Labute approximate surface area is 171 Å². The molecule has 1 aliphatic rings. The zero-order chi connectivity index (χ0) is 19.3. The van der Waals surface area contributed by atoms with E-state index in [0.717, 1.165) is 19.6 Å². The van der Waals surface area contributed by atoms with Crippen LogP contribution in [-0.2, 0) is 16.4 Å². The Balaban J connectivity index is 0.00000280. The number of halogens is 1. The summed E-state index contributed by atoms with van der Waals surface area (Å²) in [5, 5.41) is 7.33. The molecule has 28 heavy (non-hydrogen) atoms. The van der Waals surface area contributed by atoms with Gasteiger partial charge in [-0.2, -0.15) is 4.98 Å². The average Bonchev–Trinajstić information content (AvgIpc) is 3.11. The largest absolute Gasteiger partial charge is 0.494 e. The van der Waals surface area contributed by atoms with E-state index in [-0.39, 0.29) is 29.9 Å². The summed E-state index contributed by atoms with van der Waals surface area (Å²) < 4.78 is 37.8. The molecule has 1 aromatic carbocycles. The topological polar surface area (TPSA) is 110 Å². The fraction of sp³-hybridized carbons (Fsp3) is 0.529. The van der Waals surface area contributed by atoms with Crippen molar-refractivity contribution in [2.24, 2.45) is 0 Å². The van der Waals surface area contributed by atoms with E-state index in [2.05, 4.69) is 25.1 Å². The van der Waals surface area contributed by atoms with E-state index in [0.29, 0.717) is 30.5 Å². The number of piperazine rings is 1. The van der Waals surface area contributed by atoms with Crippen LogP contribution in [0.4, 0.5) is 0 Å². The molecule has 0 bridgehead atoms. The Morgan fingerprint density at radius 1 is 1.36 bits per heavy atom. The highest BCUT2D eigenvalue weighted by Crippen LogP contribution is 2.18. The molecule has 9 nitrogen and oxygen atoms in total. The van der Waals surface area contributed by atoms with Crippen molar-refractivity contribution < 1.29 is 17.7 Å². The summed E-state index contributed by atoms with van der Waals surface area (Å²) in [6.45, 7) is 5.19. The summed E-state index contributed by atoms with van der Waals surface area (Å²) in [5.41, 5.74) is 0. The molecule has 0 saturated carbocycles. The van der Waals surface area contributed by atoms with Crippen molar-refractivity contribution in [2.75, 3.05) is 39.8 Å². The molecule has 2 heterocycles. The first-order chi connectivity index (χ1) is 13.0. The molecule has 2 aromatic rings. The van der Waals surface area contributed by atoms with E-state index in [1.54, 1.807) is 12.1 Å². The molecule has 1 fully saturated rings. The maximum absolute atomic E-state index is 12.4. The minimum absolute atomic E-state index is 0. The fourth-order valence-electron chi connectivity index (χ4n) is 2.86. The third-order valence-corrected chi connectivity index (χ3v) is 5.85. The van der Waals surface area contributed by atoms with Gasteiger partial charge in [0, 0.05) is 32.6 Å². The molecule has 1 unspecified atom stereocenters. The van der Waals surface area contributed by atoms with Gasteiger partial charge in [0.05, 0.1) is 17.5 Å². The molecule has 1 aromatic heterocycles. The zero-order valence-electron chi connectivity index (χ0n) is 15.9. The Bertz CT molecular complexity index is 843. The number of benzene rings is 1. The molecule has 3 rings (SSSR count). The maximum Gasteiger partial charge on any atom is 0.240 e. The van der Waals surface area contributed by atoms with Gasteiger partial charge in [-0.3, -0.25) is 4.90 Å². The minimum atomic E-state index is -3.60. The van der Waals surface area contributed by atoms with Gasteiger partial charge >= 0.3 is 0 Å². The second-order valence-corrected chi connectivity index (χ2v) is 8.07. The lowest BCUT2D eigenvalue weighted by molar-refractivity contribution is 0.190. The summed E-state index contributed by atoms with van der Waals surface area (Å²) in [7, 11) is -1.58. The van der Waals surface area contributed by atoms with Gasteiger partial charge in [-0.25, -0.2) is 13.1 Å². The van der Waals surface area contributed by atoms with Gasteiger partial charge in [-0.05, 0) is 38.2 Å². The lowest BCUT2D eigenvalue weighted by Crippen LogP contribution is -2.44. The fourth-order valence-corrected chi connectivity index (χ4v) is 3.89. The van der Waals surface area contributed by atoms with Crippen molar-refractivity contribution >= 4 is 22.4 Å². The Morgan fingerprint density at radius 3 is 2.79 bits per heavy atom. The van der Waals surface area contributed by atoms with Gasteiger partial charge in [0.15, 0.2) is 5.82 Å². The number of hydrogen-bond acceptors (Lipinski definition) is 8. The number of ether oxygens (including phenoxy) is 1. The Hall–Kier alpha value is -1.72. The number of hydrogen-bond donors (Lipinski definition) is 2. The van der Waals surface area contributed by atoms with Crippen LogP contribution in [0.5, 0.6) is 5.75 Å². The molecule has 0 aliphatic carbocycles. The first-order valence-corrected chi connectivity index (χ1v) is 10.4. The third kappa shape index (κ3) is 5.65. The predicted octanol–water partition coefficient (Wildman–Crippen LogP) is 0.987. The van der Waals surface area contributed by atoms with Crippen LogP contribution < -0.4 is 14.8 Å². The zero-order valence-corrected chi connectivity index (χ0v) is 17.6. The van der Waals surface area contributed by atoms with Crippen molar-refractivity contribution in [1.29, 1.82) is 0 Å². The van der Waals surface area contributed by atoms with Crippen molar-refractivity contribution in [3.8, 4) is 5.75 Å². The highest BCUT2D eigenvalue weighted by molar-refractivity contribution is 7.89. The van der Waals surface area contributed by atoms with E-state index >= 15 is 0 Å². The van der Waals surface area contributed by atoms with E-state index in [1.165, 1.54) is 12.1 Å². The lowest BCUT2D eigenvalue weighted by Gasteiger charge is -2.30. The Kier molecular flexibility index (Phi) is 8.20. The van der Waals surface area contributed by atoms with Gasteiger partial charge in [-0.15, -0.1) is 12.4 Å². The van der Waals surface area contributed by atoms with Gasteiger partial charge in [0.1, 0.15) is 5.75 Å². The number of rotatable bonds is 8. The molecular formula is C17H26ClN5O4S. The predicted molar refractivity (Wildman–Crippen MR) is 106 cm³/mol. The molecule has 2 N–H and O–H groups in total. The highest BCUT2D eigenvalue weighted by atomic mass is 35.5. The Morgan fingerprint density at radius 2 is 2.11 bits per heavy atom. The van der Waals surface area contributed by atoms with Crippen LogP contribution in [0.3, 0.4) is 0 Å². The number of sulfonamides is 1. The monoisotopic (exact) mass is 431 g/mol. The normalized spacial score (nSPS) is 17.9. The molecule has 1 atom stereocenters. The number of nitrogens with one attached hydrogen (secondary N) is 2. The van der Waals surface area contributed by atoms with Crippen molar-refractivity contribution in [1.82, 2.24) is 25.1 Å². The second kappa shape index (κ2) is 10.2. The van der Waals surface area contributed by atoms with Crippen LogP contribution >= 0.6 is 12.4 Å². The molecule has 11 heteroatoms. The first-order valence-electron chi connectivity index (χ1n) is 8.95. The van der Waals surface area contributed by atoms with Crippen molar-refractivity contribution in [2.45, 2.75) is 24.3 Å². The van der Waals surface area contributed by atoms with E-state index in [9.17, 15) is 8.42 Å². The van der Waals surface area contributed by atoms with Crippen molar-refractivity contribution in [3.05, 3.63) is 36.0 Å².